The fourth-order valence-corrected chi connectivity index (χ4v) is 0.668. The van der Waals surface area contributed by atoms with Crippen molar-refractivity contribution in [1.82, 2.24) is 5.32 Å². The summed E-state index contributed by atoms with van der Waals surface area (Å²) in [5, 5.41) is 1.52. The molecule has 0 bridgehead atoms. The lowest BCUT2D eigenvalue weighted by molar-refractivity contribution is -0.125. The summed E-state index contributed by atoms with van der Waals surface area (Å²) in [5.41, 5.74) is 3.91. The number of hydrogen-bond acceptors (Lipinski definition) is 2. The lowest BCUT2D eigenvalue weighted by Crippen LogP contribution is -2.36. The van der Waals surface area contributed by atoms with E-state index in [0.717, 1.165) is 0 Å². The molecule has 0 aliphatic rings. The summed E-state index contributed by atoms with van der Waals surface area (Å²) < 4.78 is 60.4. The van der Waals surface area contributed by atoms with Gasteiger partial charge in [-0.15, -0.1) is 0 Å². The van der Waals surface area contributed by atoms with Crippen LogP contribution >= 0.6 is 0 Å². The molecule has 0 saturated carbocycles. The summed E-state index contributed by atoms with van der Waals surface area (Å²) in [6.45, 7) is 0.990. The van der Waals surface area contributed by atoms with Gasteiger partial charge < -0.3 is 11.1 Å². The Balaban J connectivity index is 4.08. The van der Waals surface area contributed by atoms with Crippen LogP contribution < -0.4 is 11.1 Å². The van der Waals surface area contributed by atoms with Gasteiger partial charge in [-0.3, -0.25) is 0 Å². The predicted molar refractivity (Wildman–Crippen MR) is 41.8 cm³/mol. The zero-order chi connectivity index (χ0) is 11.4. The van der Waals surface area contributed by atoms with Crippen molar-refractivity contribution in [3.8, 4) is 0 Å². The molecule has 0 fully saturated rings. The minimum absolute atomic E-state index is 0.320. The zero-order valence-corrected chi connectivity index (χ0v) is 7.30. The maximum atomic E-state index is 12.8. The molecule has 0 aromatic carbocycles. The van der Waals surface area contributed by atoms with Crippen molar-refractivity contribution in [3.63, 3.8) is 0 Å². The molecule has 0 saturated heterocycles. The van der Waals surface area contributed by atoms with Crippen molar-refractivity contribution in [1.29, 1.82) is 0 Å². The van der Waals surface area contributed by atoms with Crippen LogP contribution in [0.5, 0.6) is 0 Å². The summed E-state index contributed by atoms with van der Waals surface area (Å²) in [4.78, 5) is 0. The summed E-state index contributed by atoms with van der Waals surface area (Å²) in [7, 11) is 0. The van der Waals surface area contributed by atoms with Crippen molar-refractivity contribution in [2.45, 2.75) is 18.5 Å². The van der Waals surface area contributed by atoms with Gasteiger partial charge in [-0.05, 0) is 6.54 Å². The highest BCUT2D eigenvalue weighted by Crippen LogP contribution is 2.25. The molecule has 0 aliphatic carbocycles. The Labute approximate surface area is 78.0 Å². The van der Waals surface area contributed by atoms with Crippen molar-refractivity contribution >= 4 is 0 Å². The fourth-order valence-electron chi connectivity index (χ4n) is 0.668. The van der Waals surface area contributed by atoms with Gasteiger partial charge in [-0.2, -0.15) is 22.0 Å². The number of nitrogens with one attached hydrogen (secondary N) is 1. The van der Waals surface area contributed by atoms with Gasteiger partial charge in [0.05, 0.1) is 5.70 Å². The lowest BCUT2D eigenvalue weighted by atomic mass is 10.2. The fraction of sp³-hybridized carbons (Fsp3) is 0.714. The number of halogens is 5. The number of allylic oxidation sites excluding steroid dienone is 1. The van der Waals surface area contributed by atoms with E-state index in [1.54, 1.807) is 0 Å². The summed E-state index contributed by atoms with van der Waals surface area (Å²) in [5.74, 6) is -3.40. The molecule has 0 spiro atoms. The van der Waals surface area contributed by atoms with E-state index in [2.05, 4.69) is 6.58 Å². The van der Waals surface area contributed by atoms with Gasteiger partial charge in [0.1, 0.15) is 6.54 Å². The third kappa shape index (κ3) is 5.00. The van der Waals surface area contributed by atoms with Crippen LogP contribution in [-0.2, 0) is 0 Å². The standard InChI is InChI=1S/C7H11F5N2/c1-5(6(8,9)2-3-13)14-4-7(10,11)12/h14H,1-4,13H2. The minimum Gasteiger partial charge on any atom is -0.375 e. The van der Waals surface area contributed by atoms with Gasteiger partial charge in [-0.25, -0.2) is 0 Å². The predicted octanol–water partition coefficient (Wildman–Crippen LogP) is 1.64. The Morgan fingerprint density at radius 1 is 1.21 bits per heavy atom. The van der Waals surface area contributed by atoms with Gasteiger partial charge >= 0.3 is 6.18 Å². The van der Waals surface area contributed by atoms with Crippen LogP contribution in [0.2, 0.25) is 0 Å². The van der Waals surface area contributed by atoms with Crippen LogP contribution in [0.1, 0.15) is 6.42 Å². The van der Waals surface area contributed by atoms with Gasteiger partial charge in [0.15, 0.2) is 0 Å². The minimum atomic E-state index is -4.54. The van der Waals surface area contributed by atoms with Gasteiger partial charge in [0.25, 0.3) is 5.92 Å². The second kappa shape index (κ2) is 4.59. The Kier molecular flexibility index (Phi) is 4.31. The molecular formula is C7H11F5N2. The number of nitrogens with two attached hydrogens (primary N) is 1. The molecule has 0 aromatic heterocycles. The van der Waals surface area contributed by atoms with E-state index in [0.29, 0.717) is 0 Å². The molecule has 0 heterocycles. The van der Waals surface area contributed by atoms with Crippen LogP contribution in [0.25, 0.3) is 0 Å². The van der Waals surface area contributed by atoms with E-state index in [-0.39, 0.29) is 6.54 Å². The van der Waals surface area contributed by atoms with E-state index in [1.165, 1.54) is 5.32 Å². The largest absolute Gasteiger partial charge is 0.405 e. The van der Waals surface area contributed by atoms with Gasteiger partial charge in [-0.1, -0.05) is 6.58 Å². The van der Waals surface area contributed by atoms with Crippen LogP contribution in [0, 0.1) is 0 Å². The molecule has 7 heteroatoms. The first-order chi connectivity index (χ1) is 6.19. The van der Waals surface area contributed by atoms with Crippen molar-refractivity contribution in [2.75, 3.05) is 13.1 Å². The monoisotopic (exact) mass is 218 g/mol. The molecule has 0 rings (SSSR count). The second-order valence-corrected chi connectivity index (χ2v) is 2.69. The van der Waals surface area contributed by atoms with Crippen LogP contribution in [0.15, 0.2) is 12.3 Å². The summed E-state index contributed by atoms with van der Waals surface area (Å²) in [6, 6.07) is 0. The molecule has 0 atom stereocenters. The molecule has 14 heavy (non-hydrogen) atoms. The highest BCUT2D eigenvalue weighted by molar-refractivity contribution is 5.05. The molecule has 0 aliphatic heterocycles. The van der Waals surface area contributed by atoms with E-state index in [9.17, 15) is 22.0 Å². The molecule has 0 unspecified atom stereocenters. The van der Waals surface area contributed by atoms with Gasteiger partial charge in [0, 0.05) is 6.42 Å². The average Bonchev–Trinajstić information content (AvgIpc) is 1.98. The van der Waals surface area contributed by atoms with E-state index in [4.69, 9.17) is 5.73 Å². The molecule has 0 aromatic rings. The van der Waals surface area contributed by atoms with Crippen molar-refractivity contribution in [3.05, 3.63) is 12.3 Å². The maximum Gasteiger partial charge on any atom is 0.405 e. The molecule has 3 N–H and O–H groups in total. The number of alkyl halides is 5. The zero-order valence-electron chi connectivity index (χ0n) is 7.30. The Bertz CT molecular complexity index is 199. The topological polar surface area (TPSA) is 38.0 Å². The summed E-state index contributed by atoms with van der Waals surface area (Å²) >= 11 is 0. The Morgan fingerprint density at radius 2 is 1.71 bits per heavy atom. The summed E-state index contributed by atoms with van der Waals surface area (Å²) in [6.07, 6.45) is -5.27. The van der Waals surface area contributed by atoms with Crippen molar-refractivity contribution in [2.24, 2.45) is 5.73 Å². The maximum absolute atomic E-state index is 12.8. The van der Waals surface area contributed by atoms with Crippen LogP contribution in [0.3, 0.4) is 0 Å². The van der Waals surface area contributed by atoms with E-state index < -0.39 is 30.8 Å². The highest BCUT2D eigenvalue weighted by Gasteiger charge is 2.35. The van der Waals surface area contributed by atoms with Gasteiger partial charge in [0.2, 0.25) is 0 Å². The quantitative estimate of drug-likeness (QED) is 0.688. The third-order valence-electron chi connectivity index (χ3n) is 1.40. The molecule has 84 valence electrons. The number of hydrogen-bond donors (Lipinski definition) is 2. The van der Waals surface area contributed by atoms with E-state index >= 15 is 0 Å². The smallest absolute Gasteiger partial charge is 0.375 e. The first-order valence-corrected chi connectivity index (χ1v) is 3.77. The first kappa shape index (κ1) is 13.2. The van der Waals surface area contributed by atoms with Crippen molar-refractivity contribution < 1.29 is 22.0 Å². The third-order valence-corrected chi connectivity index (χ3v) is 1.40. The number of rotatable bonds is 5. The highest BCUT2D eigenvalue weighted by atomic mass is 19.4. The first-order valence-electron chi connectivity index (χ1n) is 3.77. The Hall–Kier alpha value is -0.850. The molecular weight excluding hydrogens is 207 g/mol. The second-order valence-electron chi connectivity index (χ2n) is 2.69. The van der Waals surface area contributed by atoms with Crippen LogP contribution in [-0.4, -0.2) is 25.2 Å². The van der Waals surface area contributed by atoms with E-state index in [1.807, 2.05) is 0 Å². The van der Waals surface area contributed by atoms with Crippen LogP contribution in [0.4, 0.5) is 22.0 Å². The molecule has 2 nitrogen and oxygen atoms in total. The lowest BCUT2D eigenvalue weighted by Gasteiger charge is -2.20. The average molecular weight is 218 g/mol. The molecule has 0 radical (unpaired) electrons. The normalized spacial score (nSPS) is 12.7. The SMILES string of the molecule is C=C(NCC(F)(F)F)C(F)(F)CCN. The Morgan fingerprint density at radius 3 is 2.07 bits per heavy atom. The molecule has 0 amide bonds.